The van der Waals surface area contributed by atoms with Gasteiger partial charge in [0.25, 0.3) is 5.91 Å². The molecule has 5 heteroatoms. The zero-order chi connectivity index (χ0) is 16.4. The Kier molecular flexibility index (Phi) is 4.19. The number of carbonyl (C=O) groups is 1. The molecule has 1 amide bonds. The third kappa shape index (κ3) is 3.28. The summed E-state index contributed by atoms with van der Waals surface area (Å²) in [6.45, 7) is 3.72. The molecule has 2 aromatic rings. The molecule has 1 N–H and O–H groups in total. The van der Waals surface area contributed by atoms with Crippen LogP contribution in [0.5, 0.6) is 11.5 Å². The summed E-state index contributed by atoms with van der Waals surface area (Å²) in [6.07, 6.45) is -1.14. The van der Waals surface area contributed by atoms with Crippen LogP contribution in [-0.4, -0.2) is 18.1 Å². The molecule has 2 aromatic carbocycles. The SMILES string of the molecule is Cc1ccc(CNC(=O)C2Oc3ccccc3OC2C)cc1F. The third-order valence-electron chi connectivity index (χ3n) is 3.80. The Bertz CT molecular complexity index is 732. The summed E-state index contributed by atoms with van der Waals surface area (Å²) in [5.41, 5.74) is 1.28. The van der Waals surface area contributed by atoms with Gasteiger partial charge in [-0.1, -0.05) is 24.3 Å². The van der Waals surface area contributed by atoms with Gasteiger partial charge < -0.3 is 14.8 Å². The van der Waals surface area contributed by atoms with Gasteiger partial charge in [-0.25, -0.2) is 4.39 Å². The molecule has 1 aliphatic heterocycles. The Labute approximate surface area is 134 Å². The average Bonchev–Trinajstić information content (AvgIpc) is 2.55. The second-order valence-electron chi connectivity index (χ2n) is 5.61. The second-order valence-corrected chi connectivity index (χ2v) is 5.61. The van der Waals surface area contributed by atoms with E-state index in [4.69, 9.17) is 9.47 Å². The number of hydrogen-bond donors (Lipinski definition) is 1. The highest BCUT2D eigenvalue weighted by Crippen LogP contribution is 2.33. The van der Waals surface area contributed by atoms with Gasteiger partial charge >= 0.3 is 0 Å². The van der Waals surface area contributed by atoms with Crippen molar-refractivity contribution in [2.45, 2.75) is 32.6 Å². The Balaban J connectivity index is 1.65. The summed E-state index contributed by atoms with van der Waals surface area (Å²) in [7, 11) is 0. The zero-order valence-corrected chi connectivity index (χ0v) is 13.0. The lowest BCUT2D eigenvalue weighted by Crippen LogP contribution is -2.48. The van der Waals surface area contributed by atoms with Crippen molar-refractivity contribution in [3.63, 3.8) is 0 Å². The Morgan fingerprint density at radius 1 is 1.17 bits per heavy atom. The molecule has 2 atom stereocenters. The van der Waals surface area contributed by atoms with Crippen molar-refractivity contribution in [1.29, 1.82) is 0 Å². The second kappa shape index (κ2) is 6.28. The molecule has 23 heavy (non-hydrogen) atoms. The summed E-state index contributed by atoms with van der Waals surface area (Å²) >= 11 is 0. The minimum atomic E-state index is -0.736. The molecule has 0 aliphatic carbocycles. The van der Waals surface area contributed by atoms with E-state index >= 15 is 0 Å². The first kappa shape index (κ1) is 15.3. The Morgan fingerprint density at radius 3 is 2.57 bits per heavy atom. The largest absolute Gasteiger partial charge is 0.482 e. The average molecular weight is 315 g/mol. The molecular formula is C18H18FNO3. The number of hydrogen-bond acceptors (Lipinski definition) is 3. The van der Waals surface area contributed by atoms with Crippen LogP contribution in [0.1, 0.15) is 18.1 Å². The van der Waals surface area contributed by atoms with Gasteiger partial charge in [0.05, 0.1) is 0 Å². The number of carbonyl (C=O) groups excluding carboxylic acids is 1. The zero-order valence-electron chi connectivity index (χ0n) is 13.0. The van der Waals surface area contributed by atoms with E-state index in [1.54, 1.807) is 38.1 Å². The van der Waals surface area contributed by atoms with E-state index in [1.807, 2.05) is 12.1 Å². The lowest BCUT2D eigenvalue weighted by Gasteiger charge is -2.31. The lowest BCUT2D eigenvalue weighted by molar-refractivity contribution is -0.133. The van der Waals surface area contributed by atoms with E-state index in [9.17, 15) is 9.18 Å². The van der Waals surface area contributed by atoms with Crippen LogP contribution in [0.25, 0.3) is 0 Å². The monoisotopic (exact) mass is 315 g/mol. The number of halogens is 1. The molecule has 0 saturated heterocycles. The van der Waals surface area contributed by atoms with Crippen LogP contribution in [0.3, 0.4) is 0 Å². The molecule has 0 saturated carbocycles. The van der Waals surface area contributed by atoms with Crippen LogP contribution in [0.2, 0.25) is 0 Å². The fourth-order valence-corrected chi connectivity index (χ4v) is 2.44. The standard InChI is InChI=1S/C18H18FNO3/c1-11-7-8-13(9-14(11)19)10-20-18(21)17-12(2)22-15-5-3-4-6-16(15)23-17/h3-9,12,17H,10H2,1-2H3,(H,20,21). The normalized spacial score (nSPS) is 19.3. The smallest absolute Gasteiger partial charge is 0.265 e. The van der Waals surface area contributed by atoms with Crippen molar-refractivity contribution < 1.29 is 18.7 Å². The van der Waals surface area contributed by atoms with Crippen LogP contribution in [0.15, 0.2) is 42.5 Å². The number of fused-ring (bicyclic) bond motifs is 1. The molecule has 1 heterocycles. The maximum atomic E-state index is 13.5. The predicted molar refractivity (Wildman–Crippen MR) is 83.9 cm³/mol. The maximum Gasteiger partial charge on any atom is 0.265 e. The molecule has 3 rings (SSSR count). The van der Waals surface area contributed by atoms with Crippen molar-refractivity contribution >= 4 is 5.91 Å². The van der Waals surface area contributed by atoms with E-state index in [-0.39, 0.29) is 18.3 Å². The molecule has 1 aliphatic rings. The van der Waals surface area contributed by atoms with Gasteiger partial charge in [-0.2, -0.15) is 0 Å². The van der Waals surface area contributed by atoms with Gasteiger partial charge in [-0.3, -0.25) is 4.79 Å². The van der Waals surface area contributed by atoms with E-state index in [0.29, 0.717) is 22.6 Å². The molecule has 120 valence electrons. The fraction of sp³-hybridized carbons (Fsp3) is 0.278. The van der Waals surface area contributed by atoms with Crippen molar-refractivity contribution in [2.24, 2.45) is 0 Å². The number of para-hydroxylation sites is 2. The summed E-state index contributed by atoms with van der Waals surface area (Å²) in [5, 5.41) is 2.77. The molecule has 0 aromatic heterocycles. The van der Waals surface area contributed by atoms with Gasteiger partial charge in [0.2, 0.25) is 6.10 Å². The quantitative estimate of drug-likeness (QED) is 0.947. The molecule has 2 unspecified atom stereocenters. The van der Waals surface area contributed by atoms with E-state index in [2.05, 4.69) is 5.32 Å². The van der Waals surface area contributed by atoms with Gasteiger partial charge in [-0.15, -0.1) is 0 Å². The van der Waals surface area contributed by atoms with Crippen molar-refractivity contribution in [2.75, 3.05) is 0 Å². The summed E-state index contributed by atoms with van der Waals surface area (Å²) < 4.78 is 25.0. The van der Waals surface area contributed by atoms with Crippen LogP contribution in [0, 0.1) is 12.7 Å². The molecule has 4 nitrogen and oxygen atoms in total. The molecule has 0 spiro atoms. The van der Waals surface area contributed by atoms with Gasteiger partial charge in [-0.05, 0) is 43.2 Å². The van der Waals surface area contributed by atoms with Gasteiger partial charge in [0.1, 0.15) is 11.9 Å². The van der Waals surface area contributed by atoms with Gasteiger partial charge in [0.15, 0.2) is 11.5 Å². The van der Waals surface area contributed by atoms with E-state index in [0.717, 1.165) is 0 Å². The number of aryl methyl sites for hydroxylation is 1. The maximum absolute atomic E-state index is 13.5. The lowest BCUT2D eigenvalue weighted by atomic mass is 10.1. The molecular weight excluding hydrogens is 297 g/mol. The number of amides is 1. The van der Waals surface area contributed by atoms with Gasteiger partial charge in [0, 0.05) is 6.54 Å². The minimum absolute atomic E-state index is 0.240. The van der Waals surface area contributed by atoms with Crippen LogP contribution in [-0.2, 0) is 11.3 Å². The highest BCUT2D eigenvalue weighted by molar-refractivity contribution is 5.82. The van der Waals surface area contributed by atoms with Crippen LogP contribution >= 0.6 is 0 Å². The third-order valence-corrected chi connectivity index (χ3v) is 3.80. The number of rotatable bonds is 3. The molecule has 0 bridgehead atoms. The summed E-state index contributed by atoms with van der Waals surface area (Å²) in [5.74, 6) is 0.612. The van der Waals surface area contributed by atoms with Crippen LogP contribution in [0.4, 0.5) is 4.39 Å². The number of nitrogens with one attached hydrogen (secondary N) is 1. The topological polar surface area (TPSA) is 47.6 Å². The highest BCUT2D eigenvalue weighted by atomic mass is 19.1. The number of ether oxygens (including phenoxy) is 2. The first-order valence-electron chi connectivity index (χ1n) is 7.49. The Hall–Kier alpha value is -2.56. The predicted octanol–water partition coefficient (Wildman–Crippen LogP) is 2.98. The minimum Gasteiger partial charge on any atom is -0.482 e. The first-order chi connectivity index (χ1) is 11.0. The molecule has 0 fully saturated rings. The molecule has 0 radical (unpaired) electrons. The van der Waals surface area contributed by atoms with E-state index < -0.39 is 12.2 Å². The first-order valence-corrected chi connectivity index (χ1v) is 7.49. The van der Waals surface area contributed by atoms with Crippen LogP contribution < -0.4 is 14.8 Å². The van der Waals surface area contributed by atoms with Crippen molar-refractivity contribution in [1.82, 2.24) is 5.32 Å². The highest BCUT2D eigenvalue weighted by Gasteiger charge is 2.33. The van der Waals surface area contributed by atoms with E-state index in [1.165, 1.54) is 6.07 Å². The van der Waals surface area contributed by atoms with Crippen molar-refractivity contribution in [3.8, 4) is 11.5 Å². The van der Waals surface area contributed by atoms with Crippen molar-refractivity contribution in [3.05, 3.63) is 59.4 Å². The Morgan fingerprint density at radius 2 is 1.87 bits per heavy atom. The summed E-state index contributed by atoms with van der Waals surface area (Å²) in [6, 6.07) is 12.1. The summed E-state index contributed by atoms with van der Waals surface area (Å²) in [4.78, 5) is 12.3. The number of benzene rings is 2. The fourth-order valence-electron chi connectivity index (χ4n) is 2.44.